The second kappa shape index (κ2) is 9.57. The lowest BCUT2D eigenvalue weighted by molar-refractivity contribution is 0.284. The highest BCUT2D eigenvalue weighted by Crippen LogP contribution is 2.30. The molecule has 0 heterocycles. The lowest BCUT2D eigenvalue weighted by Gasteiger charge is -2.14. The number of primary sulfonamides is 1. The Labute approximate surface area is 185 Å². The van der Waals surface area contributed by atoms with E-state index in [0.29, 0.717) is 28.1 Å². The summed E-state index contributed by atoms with van der Waals surface area (Å²) in [5, 5.41) is 9.43. The van der Waals surface area contributed by atoms with Crippen LogP contribution in [0, 0.1) is 0 Å². The SMILES string of the molecule is COc1cc(CNc2ccc(S(N)(=O)=O)cc2)ccc1OCc1ccc(Cl)cc1Cl. The molecule has 0 spiro atoms. The van der Waals surface area contributed by atoms with Crippen LogP contribution in [0.25, 0.3) is 0 Å². The summed E-state index contributed by atoms with van der Waals surface area (Å²) in [6.45, 7) is 0.786. The normalized spacial score (nSPS) is 11.2. The summed E-state index contributed by atoms with van der Waals surface area (Å²) < 4.78 is 33.9. The van der Waals surface area contributed by atoms with Crippen LogP contribution in [0.15, 0.2) is 65.6 Å². The molecule has 30 heavy (non-hydrogen) atoms. The van der Waals surface area contributed by atoms with E-state index >= 15 is 0 Å². The van der Waals surface area contributed by atoms with Crippen LogP contribution in [0.4, 0.5) is 5.69 Å². The summed E-state index contributed by atoms with van der Waals surface area (Å²) in [4.78, 5) is 0.0667. The predicted molar refractivity (Wildman–Crippen MR) is 119 cm³/mol. The van der Waals surface area contributed by atoms with E-state index in [1.54, 1.807) is 31.4 Å². The van der Waals surface area contributed by atoms with Gasteiger partial charge in [-0.3, -0.25) is 0 Å². The molecule has 0 aliphatic carbocycles. The van der Waals surface area contributed by atoms with E-state index in [9.17, 15) is 8.42 Å². The van der Waals surface area contributed by atoms with Crippen molar-refractivity contribution < 1.29 is 17.9 Å². The average Bonchev–Trinajstić information content (AvgIpc) is 2.71. The van der Waals surface area contributed by atoms with Crippen molar-refractivity contribution in [1.82, 2.24) is 0 Å². The van der Waals surface area contributed by atoms with Crippen molar-refractivity contribution >= 4 is 38.9 Å². The topological polar surface area (TPSA) is 90.6 Å². The molecule has 158 valence electrons. The molecule has 3 rings (SSSR count). The molecule has 3 aromatic rings. The zero-order chi connectivity index (χ0) is 21.7. The van der Waals surface area contributed by atoms with E-state index in [1.807, 2.05) is 24.3 Å². The number of nitrogens with two attached hydrogens (primary N) is 1. The second-order valence-corrected chi connectivity index (χ2v) is 8.84. The first-order valence-electron chi connectivity index (χ1n) is 8.86. The number of benzene rings is 3. The fourth-order valence-corrected chi connectivity index (χ4v) is 3.68. The molecule has 0 aromatic heterocycles. The lowest BCUT2D eigenvalue weighted by Crippen LogP contribution is -2.12. The smallest absolute Gasteiger partial charge is 0.238 e. The van der Waals surface area contributed by atoms with Crippen molar-refractivity contribution in [2.75, 3.05) is 12.4 Å². The van der Waals surface area contributed by atoms with E-state index in [2.05, 4.69) is 5.32 Å². The van der Waals surface area contributed by atoms with Crippen LogP contribution in [-0.4, -0.2) is 15.5 Å². The molecule has 0 aliphatic rings. The third kappa shape index (κ3) is 5.79. The molecule has 0 bridgehead atoms. The van der Waals surface area contributed by atoms with Crippen molar-refractivity contribution in [3.05, 3.63) is 81.8 Å². The summed E-state index contributed by atoms with van der Waals surface area (Å²) in [6, 6.07) is 17.1. The summed E-state index contributed by atoms with van der Waals surface area (Å²) in [5.74, 6) is 1.17. The largest absolute Gasteiger partial charge is 0.493 e. The Balaban J connectivity index is 1.65. The van der Waals surface area contributed by atoms with E-state index in [1.165, 1.54) is 12.1 Å². The standard InChI is InChI=1S/C21H20Cl2N2O4S/c1-28-21-10-14(12-25-17-5-7-18(8-6-17)30(24,26)27)2-9-20(21)29-13-15-3-4-16(22)11-19(15)23/h2-11,25H,12-13H2,1H3,(H2,24,26,27). The molecule has 6 nitrogen and oxygen atoms in total. The van der Waals surface area contributed by atoms with Gasteiger partial charge in [0.2, 0.25) is 10.0 Å². The molecule has 0 atom stereocenters. The molecule has 0 fully saturated rings. The molecule has 3 aromatic carbocycles. The molecule has 0 amide bonds. The van der Waals surface area contributed by atoms with Gasteiger partial charge in [0.25, 0.3) is 0 Å². The molecule has 9 heteroatoms. The Bertz CT molecular complexity index is 1140. The van der Waals surface area contributed by atoms with E-state index in [0.717, 1.165) is 16.8 Å². The first-order valence-corrected chi connectivity index (χ1v) is 11.2. The van der Waals surface area contributed by atoms with Gasteiger partial charge in [0, 0.05) is 27.8 Å². The van der Waals surface area contributed by atoms with Gasteiger partial charge >= 0.3 is 0 Å². The third-order valence-electron chi connectivity index (χ3n) is 4.31. The Morgan fingerprint density at radius 1 is 0.967 bits per heavy atom. The van der Waals surface area contributed by atoms with Gasteiger partial charge in [-0.2, -0.15) is 0 Å². The number of anilines is 1. The minimum Gasteiger partial charge on any atom is -0.493 e. The van der Waals surface area contributed by atoms with Gasteiger partial charge in [0.15, 0.2) is 11.5 Å². The van der Waals surface area contributed by atoms with Gasteiger partial charge in [-0.25, -0.2) is 13.6 Å². The van der Waals surface area contributed by atoms with E-state index in [4.69, 9.17) is 37.8 Å². The maximum atomic E-state index is 11.3. The number of sulfonamides is 1. The molecule has 3 N–H and O–H groups in total. The molecule has 0 unspecified atom stereocenters. The maximum Gasteiger partial charge on any atom is 0.238 e. The maximum absolute atomic E-state index is 11.3. The fourth-order valence-electron chi connectivity index (χ4n) is 2.70. The van der Waals surface area contributed by atoms with Crippen LogP contribution < -0.4 is 19.9 Å². The Kier molecular flexibility index (Phi) is 7.10. The van der Waals surface area contributed by atoms with Gasteiger partial charge in [0.05, 0.1) is 12.0 Å². The van der Waals surface area contributed by atoms with Crippen LogP contribution in [0.1, 0.15) is 11.1 Å². The van der Waals surface area contributed by atoms with Crippen molar-refractivity contribution in [2.45, 2.75) is 18.0 Å². The number of nitrogens with one attached hydrogen (secondary N) is 1. The molecular formula is C21H20Cl2N2O4S. The summed E-state index contributed by atoms with van der Waals surface area (Å²) in [5.41, 5.74) is 2.54. The Hall–Kier alpha value is -2.45. The first kappa shape index (κ1) is 22.2. The van der Waals surface area contributed by atoms with Crippen LogP contribution in [-0.2, 0) is 23.2 Å². The molecule has 0 saturated carbocycles. The van der Waals surface area contributed by atoms with Gasteiger partial charge in [-0.15, -0.1) is 0 Å². The van der Waals surface area contributed by atoms with Crippen LogP contribution >= 0.6 is 23.2 Å². The number of halogens is 2. The van der Waals surface area contributed by atoms with Gasteiger partial charge in [-0.1, -0.05) is 35.3 Å². The Morgan fingerprint density at radius 3 is 2.33 bits per heavy atom. The fraction of sp³-hybridized carbons (Fsp3) is 0.143. The van der Waals surface area contributed by atoms with Gasteiger partial charge < -0.3 is 14.8 Å². The molecule has 0 radical (unpaired) electrons. The number of rotatable bonds is 8. The summed E-state index contributed by atoms with van der Waals surface area (Å²) >= 11 is 12.1. The Morgan fingerprint density at radius 2 is 1.70 bits per heavy atom. The zero-order valence-corrected chi connectivity index (χ0v) is 18.4. The molecule has 0 aliphatic heterocycles. The van der Waals surface area contributed by atoms with E-state index < -0.39 is 10.0 Å². The highest BCUT2D eigenvalue weighted by Gasteiger charge is 2.09. The van der Waals surface area contributed by atoms with Crippen LogP contribution in [0.2, 0.25) is 10.0 Å². The first-order chi connectivity index (χ1) is 14.3. The van der Waals surface area contributed by atoms with Gasteiger partial charge in [0.1, 0.15) is 6.61 Å². The predicted octanol–water partition coefficient (Wildman–Crippen LogP) is 4.84. The van der Waals surface area contributed by atoms with Crippen LogP contribution in [0.3, 0.4) is 0 Å². The minimum absolute atomic E-state index is 0.0667. The monoisotopic (exact) mass is 466 g/mol. The quantitative estimate of drug-likeness (QED) is 0.495. The van der Waals surface area contributed by atoms with Crippen molar-refractivity contribution in [1.29, 1.82) is 0 Å². The number of hydrogen-bond donors (Lipinski definition) is 2. The van der Waals surface area contributed by atoms with Crippen molar-refractivity contribution in [3.8, 4) is 11.5 Å². The van der Waals surface area contributed by atoms with Gasteiger partial charge in [-0.05, 0) is 54.1 Å². The number of methoxy groups -OCH3 is 1. The minimum atomic E-state index is -3.70. The van der Waals surface area contributed by atoms with E-state index in [-0.39, 0.29) is 11.5 Å². The van der Waals surface area contributed by atoms with Crippen LogP contribution in [0.5, 0.6) is 11.5 Å². The molecular weight excluding hydrogens is 447 g/mol. The number of hydrogen-bond acceptors (Lipinski definition) is 5. The number of ether oxygens (including phenoxy) is 2. The third-order valence-corrected chi connectivity index (χ3v) is 5.82. The molecule has 0 saturated heterocycles. The van der Waals surface area contributed by atoms with Crippen molar-refractivity contribution in [3.63, 3.8) is 0 Å². The second-order valence-electron chi connectivity index (χ2n) is 6.43. The zero-order valence-electron chi connectivity index (χ0n) is 16.1. The lowest BCUT2D eigenvalue weighted by atomic mass is 10.2. The van der Waals surface area contributed by atoms with Crippen molar-refractivity contribution in [2.24, 2.45) is 5.14 Å². The highest BCUT2D eigenvalue weighted by atomic mass is 35.5. The summed E-state index contributed by atoms with van der Waals surface area (Å²) in [7, 11) is -2.13. The average molecular weight is 467 g/mol. The highest BCUT2D eigenvalue weighted by molar-refractivity contribution is 7.89. The summed E-state index contributed by atoms with van der Waals surface area (Å²) in [6.07, 6.45) is 0.